The van der Waals surface area contributed by atoms with E-state index in [1.54, 1.807) is 33.1 Å². The molecule has 0 saturated carbocycles. The molecule has 0 saturated heterocycles. The number of methoxy groups -OCH3 is 1. The van der Waals surface area contributed by atoms with Crippen LogP contribution in [0.5, 0.6) is 5.75 Å². The lowest BCUT2D eigenvalue weighted by molar-refractivity contribution is 0.0643. The number of rotatable bonds is 17. The van der Waals surface area contributed by atoms with Crippen molar-refractivity contribution < 1.29 is 37.0 Å². The summed E-state index contributed by atoms with van der Waals surface area (Å²) >= 11 is 0. The van der Waals surface area contributed by atoms with Gasteiger partial charge in [0.15, 0.2) is 0 Å². The number of hydrogen-bond donors (Lipinski definition) is 4. The molecular formula is C33H42F2N4O6S. The van der Waals surface area contributed by atoms with Gasteiger partial charge in [-0.05, 0) is 85.0 Å². The highest BCUT2D eigenvalue weighted by molar-refractivity contribution is 7.92. The quantitative estimate of drug-likeness (QED) is 0.0739. The zero-order valence-corrected chi connectivity index (χ0v) is 27.4. The average Bonchev–Trinajstić information content (AvgIpc) is 2.98. The summed E-state index contributed by atoms with van der Waals surface area (Å²) in [4.78, 5) is 5.31. The first-order valence-electron chi connectivity index (χ1n) is 14.5. The number of anilines is 1. The Balaban J connectivity index is 1.91. The van der Waals surface area contributed by atoms with Crippen LogP contribution in [0.3, 0.4) is 0 Å². The molecule has 0 aliphatic rings. The number of aliphatic hydroxyl groups excluding tert-OH is 2. The molecule has 0 heterocycles. The van der Waals surface area contributed by atoms with Gasteiger partial charge < -0.3 is 25.1 Å². The summed E-state index contributed by atoms with van der Waals surface area (Å²) in [6, 6.07) is 14.2. The molecule has 3 rings (SSSR count). The molecule has 4 N–H and O–H groups in total. The Morgan fingerprint density at radius 1 is 1.04 bits per heavy atom. The van der Waals surface area contributed by atoms with Gasteiger partial charge in [0, 0.05) is 37.8 Å². The van der Waals surface area contributed by atoms with Crippen LogP contribution in [0.25, 0.3) is 0 Å². The molecule has 0 amide bonds. The van der Waals surface area contributed by atoms with E-state index in [9.17, 15) is 27.4 Å². The number of halogens is 2. The van der Waals surface area contributed by atoms with Gasteiger partial charge in [0.25, 0.3) is 0 Å². The number of aliphatic hydroxyl groups is 2. The van der Waals surface area contributed by atoms with Crippen LogP contribution in [-0.4, -0.2) is 70.1 Å². The van der Waals surface area contributed by atoms with E-state index in [2.05, 4.69) is 22.4 Å². The summed E-state index contributed by atoms with van der Waals surface area (Å²) in [5, 5.41) is 32.9. The van der Waals surface area contributed by atoms with Crippen molar-refractivity contribution in [3.8, 4) is 5.75 Å². The van der Waals surface area contributed by atoms with Crippen molar-refractivity contribution in [2.24, 2.45) is 5.16 Å². The van der Waals surface area contributed by atoms with Gasteiger partial charge in [-0.1, -0.05) is 23.9 Å². The number of nitrogens with zero attached hydrogens (tertiary/aromatic N) is 2. The van der Waals surface area contributed by atoms with Crippen molar-refractivity contribution in [3.05, 3.63) is 107 Å². The molecule has 0 bridgehead atoms. The first kappa shape index (κ1) is 36.6. The Kier molecular flexibility index (Phi) is 13.2. The van der Waals surface area contributed by atoms with E-state index in [0.717, 1.165) is 39.9 Å². The highest BCUT2D eigenvalue weighted by Crippen LogP contribution is 2.25. The normalized spacial score (nSPS) is 14.0. The van der Waals surface area contributed by atoms with Crippen LogP contribution in [0.4, 0.5) is 14.5 Å². The van der Waals surface area contributed by atoms with Crippen LogP contribution in [0.1, 0.15) is 42.3 Å². The third-order valence-electron chi connectivity index (χ3n) is 7.08. The fraction of sp³-hybridized carbons (Fsp3) is 0.364. The van der Waals surface area contributed by atoms with Gasteiger partial charge >= 0.3 is 0 Å². The number of hydrogen-bond acceptors (Lipinski definition) is 9. The molecule has 0 aliphatic heterocycles. The average molecular weight is 661 g/mol. The predicted molar refractivity (Wildman–Crippen MR) is 175 cm³/mol. The van der Waals surface area contributed by atoms with E-state index in [4.69, 9.17) is 9.57 Å². The zero-order valence-electron chi connectivity index (χ0n) is 26.6. The van der Waals surface area contributed by atoms with Crippen molar-refractivity contribution in [1.29, 1.82) is 0 Å². The van der Waals surface area contributed by atoms with Crippen LogP contribution >= 0.6 is 0 Å². The molecule has 0 radical (unpaired) electrons. The van der Waals surface area contributed by atoms with E-state index >= 15 is 0 Å². The van der Waals surface area contributed by atoms with Gasteiger partial charge in [-0.15, -0.1) is 0 Å². The van der Waals surface area contributed by atoms with E-state index in [1.165, 1.54) is 13.1 Å². The number of benzene rings is 3. The lowest BCUT2D eigenvalue weighted by Crippen LogP contribution is -2.47. The second-order valence-electron chi connectivity index (χ2n) is 11.2. The minimum atomic E-state index is -3.67. The minimum absolute atomic E-state index is 0.0429. The number of nitrogens with one attached hydrogen (secondary N) is 2. The predicted octanol–water partition coefficient (Wildman–Crippen LogP) is 4.03. The lowest BCUT2D eigenvalue weighted by Gasteiger charge is -2.28. The summed E-state index contributed by atoms with van der Waals surface area (Å²) < 4.78 is 59.2. The fourth-order valence-corrected chi connectivity index (χ4v) is 5.03. The zero-order chi connectivity index (χ0) is 34.0. The van der Waals surface area contributed by atoms with E-state index < -0.39 is 40.0 Å². The molecule has 10 nitrogen and oxygen atoms in total. The van der Waals surface area contributed by atoms with E-state index in [0.29, 0.717) is 23.6 Å². The van der Waals surface area contributed by atoms with Gasteiger partial charge in [-0.2, -0.15) is 0 Å². The number of ether oxygens (including phenoxy) is 1. The van der Waals surface area contributed by atoms with Crippen molar-refractivity contribution in [2.45, 2.75) is 45.2 Å². The fourth-order valence-electron chi connectivity index (χ4n) is 4.54. The molecule has 3 aromatic carbocycles. The largest absolute Gasteiger partial charge is 0.497 e. The van der Waals surface area contributed by atoms with E-state index in [1.807, 2.05) is 24.3 Å². The van der Waals surface area contributed by atoms with Gasteiger partial charge in [0.2, 0.25) is 10.0 Å². The summed E-state index contributed by atoms with van der Waals surface area (Å²) in [5.74, 6) is -0.865. The molecule has 46 heavy (non-hydrogen) atoms. The highest BCUT2D eigenvalue weighted by Gasteiger charge is 2.25. The highest BCUT2D eigenvalue weighted by atomic mass is 32.2. The molecule has 0 aromatic heterocycles. The maximum Gasteiger partial charge on any atom is 0.231 e. The summed E-state index contributed by atoms with van der Waals surface area (Å²) in [7, 11) is -0.728. The Bertz CT molecular complexity index is 1620. The van der Waals surface area contributed by atoms with Crippen LogP contribution in [-0.2, 0) is 27.8 Å². The Morgan fingerprint density at radius 2 is 1.74 bits per heavy atom. The van der Waals surface area contributed by atoms with Gasteiger partial charge in [-0.3, -0.25) is 9.62 Å². The molecule has 13 heteroatoms. The maximum absolute atomic E-state index is 14.1. The third kappa shape index (κ3) is 11.2. The minimum Gasteiger partial charge on any atom is -0.497 e. The Morgan fingerprint density at radius 3 is 2.37 bits per heavy atom. The molecule has 3 atom stereocenters. The smallest absolute Gasteiger partial charge is 0.231 e. The molecule has 250 valence electrons. The molecule has 0 spiro atoms. The number of sulfonamides is 1. The lowest BCUT2D eigenvalue weighted by atomic mass is 9.99. The first-order chi connectivity index (χ1) is 21.7. The van der Waals surface area contributed by atoms with Crippen LogP contribution in [0.15, 0.2) is 78.0 Å². The summed E-state index contributed by atoms with van der Waals surface area (Å²) in [6.45, 7) is 7.86. The van der Waals surface area contributed by atoms with Crippen LogP contribution in [0, 0.1) is 11.6 Å². The van der Waals surface area contributed by atoms with Crippen molar-refractivity contribution in [2.75, 3.05) is 37.9 Å². The molecular weight excluding hydrogens is 618 g/mol. The van der Waals surface area contributed by atoms with Gasteiger partial charge in [0.1, 0.15) is 30.2 Å². The summed E-state index contributed by atoms with van der Waals surface area (Å²) in [5.41, 5.74) is 3.30. The van der Waals surface area contributed by atoms with E-state index in [-0.39, 0.29) is 36.4 Å². The molecule has 3 aromatic rings. The first-order valence-corrected chi connectivity index (χ1v) is 16.3. The Labute approximate surface area is 269 Å². The van der Waals surface area contributed by atoms with Crippen LogP contribution in [0.2, 0.25) is 0 Å². The second-order valence-corrected chi connectivity index (χ2v) is 13.2. The topological polar surface area (TPSA) is 133 Å². The van der Waals surface area contributed by atoms with Gasteiger partial charge in [-0.25, -0.2) is 17.2 Å². The van der Waals surface area contributed by atoms with Crippen molar-refractivity contribution in [1.82, 2.24) is 10.6 Å². The summed E-state index contributed by atoms with van der Waals surface area (Å²) in [6.07, 6.45) is -1.56. The monoisotopic (exact) mass is 660 g/mol. The molecule has 0 aliphatic carbocycles. The SMILES string of the molecule is C=C(C)CO/N=C(\C)c1cc(C(O)N[C@@H](Cc2cc(F)cc(F)c2)[C@H](O)CNCc2cccc(OC)c2)cc(N(C)S(C)(=O)=O)c1. The van der Waals surface area contributed by atoms with Crippen molar-refractivity contribution in [3.63, 3.8) is 0 Å². The van der Waals surface area contributed by atoms with Gasteiger partial charge in [0.05, 0.1) is 30.9 Å². The van der Waals surface area contributed by atoms with Crippen molar-refractivity contribution >= 4 is 21.4 Å². The molecule has 1 unspecified atom stereocenters. The maximum atomic E-state index is 14.1. The third-order valence-corrected chi connectivity index (χ3v) is 8.28. The standard InChI is InChI=1S/C33H42F2N4O6S/c1-21(2)20-45-38-22(3)25-14-26(16-29(15-25)39(4)46(6,42)43)33(41)37-31(13-24-10-27(34)17-28(35)11-24)32(40)19-36-18-23-8-7-9-30(12-23)44-5/h7-12,14-17,31-33,36-37,40-41H,1,13,18-20H2,2-6H3/b38-22+/t31-,32+,33?/m0/s1. The Hall–Kier alpha value is -3.88. The number of oxime groups is 1. The molecule has 0 fully saturated rings. The van der Waals surface area contributed by atoms with Crippen LogP contribution < -0.4 is 19.7 Å². The second kappa shape index (κ2) is 16.6.